The second kappa shape index (κ2) is 1.80. The molecule has 4 N–H and O–H groups in total. The van der Waals surface area contributed by atoms with Gasteiger partial charge in [-0.15, -0.1) is 0 Å². The molecular weight excluding hydrogens is 148 g/mol. The average molecular weight is 158 g/mol. The summed E-state index contributed by atoms with van der Waals surface area (Å²) >= 11 is 0. The summed E-state index contributed by atoms with van der Waals surface area (Å²) in [4.78, 5) is 22.0. The lowest BCUT2D eigenvalue weighted by Gasteiger charge is -2.14. The Kier molecular flexibility index (Phi) is 1.34. The summed E-state index contributed by atoms with van der Waals surface area (Å²) in [5.74, 6) is -1.36. The molecule has 0 saturated carbocycles. The van der Waals surface area contributed by atoms with Crippen molar-refractivity contribution in [3.8, 4) is 0 Å². The van der Waals surface area contributed by atoms with Gasteiger partial charge >= 0.3 is 5.97 Å². The average Bonchev–Trinajstić information content (AvgIpc) is 1.94. The van der Waals surface area contributed by atoms with Gasteiger partial charge in [0.15, 0.2) is 5.54 Å². The Balaban J connectivity index is 3.09. The molecule has 1 rings (SSSR count). The number of esters is 1. The van der Waals surface area contributed by atoms with E-state index in [1.807, 2.05) is 0 Å². The molecule has 1 heterocycles. The first-order chi connectivity index (χ1) is 4.78. The third-order valence-electron chi connectivity index (χ3n) is 1.65. The summed E-state index contributed by atoms with van der Waals surface area (Å²) < 4.78 is 4.54. The van der Waals surface area contributed by atoms with E-state index in [0.29, 0.717) is 0 Å². The minimum atomic E-state index is -1.58. The van der Waals surface area contributed by atoms with Crippen molar-refractivity contribution in [2.45, 2.75) is 25.1 Å². The van der Waals surface area contributed by atoms with Crippen molar-refractivity contribution >= 4 is 11.8 Å². The van der Waals surface area contributed by atoms with Crippen LogP contribution in [0.2, 0.25) is 0 Å². The van der Waals surface area contributed by atoms with Gasteiger partial charge < -0.3 is 10.5 Å². The van der Waals surface area contributed by atoms with Gasteiger partial charge in [0.25, 0.3) is 0 Å². The number of hydrogen-bond acceptors (Lipinski definition) is 5. The molecule has 62 valence electrons. The van der Waals surface area contributed by atoms with Crippen LogP contribution < -0.4 is 11.5 Å². The summed E-state index contributed by atoms with van der Waals surface area (Å²) in [6, 6.07) is 0. The zero-order chi connectivity index (χ0) is 8.86. The second-order valence-corrected chi connectivity index (χ2v) is 3.03. The van der Waals surface area contributed by atoms with Crippen LogP contribution in [0.1, 0.15) is 13.8 Å². The summed E-state index contributed by atoms with van der Waals surface area (Å²) in [5.41, 5.74) is 7.52. The fraction of sp³-hybridized carbons (Fsp3) is 0.667. The maximum absolute atomic E-state index is 11.2. The zero-order valence-electron chi connectivity index (χ0n) is 6.38. The van der Waals surface area contributed by atoms with Gasteiger partial charge in [0, 0.05) is 0 Å². The molecule has 1 fully saturated rings. The highest BCUT2D eigenvalue weighted by Gasteiger charge is 2.56. The third-order valence-corrected chi connectivity index (χ3v) is 1.65. The molecule has 0 aromatic carbocycles. The van der Waals surface area contributed by atoms with Crippen LogP contribution in [-0.4, -0.2) is 23.0 Å². The van der Waals surface area contributed by atoms with Crippen LogP contribution in [0.15, 0.2) is 0 Å². The van der Waals surface area contributed by atoms with Gasteiger partial charge in [-0.25, -0.2) is 4.79 Å². The molecule has 1 aliphatic heterocycles. The van der Waals surface area contributed by atoms with Crippen molar-refractivity contribution in [2.24, 2.45) is 11.5 Å². The molecule has 1 saturated heterocycles. The number of ketones is 1. The number of carbonyl (C=O) groups excluding carboxylic acids is 2. The zero-order valence-corrected chi connectivity index (χ0v) is 6.38. The van der Waals surface area contributed by atoms with Crippen molar-refractivity contribution in [3.05, 3.63) is 0 Å². The summed E-state index contributed by atoms with van der Waals surface area (Å²) in [6.07, 6.45) is 0. The van der Waals surface area contributed by atoms with Crippen molar-refractivity contribution in [2.75, 3.05) is 0 Å². The van der Waals surface area contributed by atoms with Crippen LogP contribution in [0.3, 0.4) is 0 Å². The van der Waals surface area contributed by atoms with Crippen molar-refractivity contribution < 1.29 is 14.3 Å². The van der Waals surface area contributed by atoms with Gasteiger partial charge in [-0.05, 0) is 13.8 Å². The monoisotopic (exact) mass is 158 g/mol. The van der Waals surface area contributed by atoms with Crippen LogP contribution >= 0.6 is 0 Å². The molecule has 0 aliphatic carbocycles. The van der Waals surface area contributed by atoms with Gasteiger partial charge in [-0.1, -0.05) is 0 Å². The predicted octanol–water partition coefficient (Wildman–Crippen LogP) is -1.50. The highest BCUT2D eigenvalue weighted by atomic mass is 16.6. The van der Waals surface area contributed by atoms with Gasteiger partial charge in [0.05, 0.1) is 0 Å². The first-order valence-corrected chi connectivity index (χ1v) is 3.14. The maximum atomic E-state index is 11.2. The van der Waals surface area contributed by atoms with E-state index in [1.165, 1.54) is 13.8 Å². The minimum absolute atomic E-state index is 0.588. The smallest absolute Gasteiger partial charge is 0.335 e. The molecule has 0 bridgehead atoms. The highest BCUT2D eigenvalue weighted by Crippen LogP contribution is 2.23. The third kappa shape index (κ3) is 0.928. The molecule has 0 spiro atoms. The van der Waals surface area contributed by atoms with E-state index in [2.05, 4.69) is 4.74 Å². The van der Waals surface area contributed by atoms with Gasteiger partial charge in [0.1, 0.15) is 0 Å². The van der Waals surface area contributed by atoms with E-state index in [4.69, 9.17) is 11.5 Å². The molecule has 2 unspecified atom stereocenters. The van der Waals surface area contributed by atoms with Gasteiger partial charge in [-0.2, -0.15) is 0 Å². The quantitative estimate of drug-likeness (QED) is 0.330. The first kappa shape index (κ1) is 8.16. The predicted molar refractivity (Wildman–Crippen MR) is 36.3 cm³/mol. The fourth-order valence-electron chi connectivity index (χ4n) is 0.953. The molecule has 5 nitrogen and oxygen atoms in total. The largest absolute Gasteiger partial charge is 0.435 e. The molecule has 0 aromatic heterocycles. The molecular formula is C6H10N2O3. The molecule has 0 aromatic rings. The number of cyclic esters (lactones) is 1. The number of Topliss-reactive ketones (excluding diaryl/α,β-unsaturated/α-hetero) is 1. The van der Waals surface area contributed by atoms with Crippen molar-refractivity contribution in [1.82, 2.24) is 0 Å². The van der Waals surface area contributed by atoms with Crippen LogP contribution in [0.25, 0.3) is 0 Å². The van der Waals surface area contributed by atoms with Crippen LogP contribution in [-0.2, 0) is 14.3 Å². The molecule has 0 radical (unpaired) electrons. The summed E-state index contributed by atoms with van der Waals surface area (Å²) in [7, 11) is 0. The Hall–Kier alpha value is -0.940. The van der Waals surface area contributed by atoms with E-state index in [0.717, 1.165) is 0 Å². The normalized spacial score (nSPS) is 44.4. The Morgan fingerprint density at radius 1 is 1.27 bits per heavy atom. The Morgan fingerprint density at radius 3 is 1.82 bits per heavy atom. The Bertz CT molecular complexity index is 232. The molecule has 5 heteroatoms. The second-order valence-electron chi connectivity index (χ2n) is 3.03. The molecule has 11 heavy (non-hydrogen) atoms. The van der Waals surface area contributed by atoms with Crippen LogP contribution in [0.4, 0.5) is 0 Å². The lowest BCUT2D eigenvalue weighted by Crippen LogP contribution is -2.53. The van der Waals surface area contributed by atoms with E-state index >= 15 is 0 Å². The lowest BCUT2D eigenvalue weighted by atomic mass is 9.95. The van der Waals surface area contributed by atoms with E-state index < -0.39 is 23.0 Å². The van der Waals surface area contributed by atoms with Crippen LogP contribution in [0.5, 0.6) is 0 Å². The maximum Gasteiger partial charge on any atom is 0.335 e. The standard InChI is InChI=1S/C6H10N2O3/c1-5(7)3(9)6(2,8)11-4(5)10/h7-8H2,1-2H3. The Morgan fingerprint density at radius 2 is 1.73 bits per heavy atom. The topological polar surface area (TPSA) is 95.4 Å². The molecule has 1 aliphatic rings. The van der Waals surface area contributed by atoms with E-state index in [9.17, 15) is 9.59 Å². The first-order valence-electron chi connectivity index (χ1n) is 3.14. The number of hydrogen-bond donors (Lipinski definition) is 2. The SMILES string of the molecule is CC1(N)OC(=O)C(C)(N)C1=O. The minimum Gasteiger partial charge on any atom is -0.435 e. The number of nitrogens with two attached hydrogens (primary N) is 2. The number of carbonyl (C=O) groups is 2. The fourth-order valence-corrected chi connectivity index (χ4v) is 0.953. The lowest BCUT2D eigenvalue weighted by molar-refractivity contribution is -0.150. The van der Waals surface area contributed by atoms with E-state index in [-0.39, 0.29) is 0 Å². The van der Waals surface area contributed by atoms with E-state index in [1.54, 1.807) is 0 Å². The molecule has 0 amide bonds. The van der Waals surface area contributed by atoms with Crippen molar-refractivity contribution in [3.63, 3.8) is 0 Å². The van der Waals surface area contributed by atoms with Gasteiger partial charge in [-0.3, -0.25) is 10.5 Å². The number of rotatable bonds is 0. The molecule has 2 atom stereocenters. The van der Waals surface area contributed by atoms with Crippen molar-refractivity contribution in [1.29, 1.82) is 0 Å². The highest BCUT2D eigenvalue weighted by molar-refractivity contribution is 6.16. The summed E-state index contributed by atoms with van der Waals surface area (Å²) in [5, 5.41) is 0. The van der Waals surface area contributed by atoms with Gasteiger partial charge in [0.2, 0.25) is 11.5 Å². The Labute approximate surface area is 63.7 Å². The summed E-state index contributed by atoms with van der Waals surface area (Å²) in [6.45, 7) is 2.60. The van der Waals surface area contributed by atoms with Crippen LogP contribution in [0, 0.1) is 0 Å². The number of ether oxygens (including phenoxy) is 1.